The third-order valence-corrected chi connectivity index (χ3v) is 20.9. The van der Waals surface area contributed by atoms with Crippen molar-refractivity contribution in [2.24, 2.45) is 17.8 Å². The fourth-order valence-electron chi connectivity index (χ4n) is 11.7. The molecule has 0 aliphatic heterocycles. The fourth-order valence-corrected chi connectivity index (χ4v) is 13.3. The third-order valence-electron chi connectivity index (χ3n) is 19.0. The van der Waals surface area contributed by atoms with Crippen molar-refractivity contribution in [1.82, 2.24) is 0 Å². The molecule has 570 valence electrons. The van der Waals surface area contributed by atoms with Gasteiger partial charge in [-0.3, -0.25) is 37.3 Å². The topological polar surface area (TPSA) is 237 Å². The molecule has 0 rings (SSSR count). The van der Waals surface area contributed by atoms with Gasteiger partial charge in [0.2, 0.25) is 0 Å². The highest BCUT2D eigenvalue weighted by Gasteiger charge is 2.30. The lowest BCUT2D eigenvalue weighted by Crippen LogP contribution is -2.30. The van der Waals surface area contributed by atoms with Gasteiger partial charge < -0.3 is 33.8 Å². The standard InChI is InChI=1S/C77H150O17P2/c1-8-12-13-14-15-16-28-37-44-51-58-74(79)87-64-73(94-77(82)61-54-47-40-33-31-36-43-50-57-70(7)11-4)67-92-96(85,86)90-63-71(78)62-89-95(83,84)91-66-72(65-88-75(80)59-52-45-38-32-30-35-42-49-56-69(6)10-3)93-76(81)60-53-46-39-29-26-24-22-20-18-17-19-21-23-25-27-34-41-48-55-68(5)9-2/h68-73,78H,8-67H2,1-7H3,(H,83,84)(H,85,86)/t68?,69?,70?,71-,72-,73-/m1/s1. The molecule has 0 saturated heterocycles. The van der Waals surface area contributed by atoms with Crippen LogP contribution in [0.4, 0.5) is 0 Å². The summed E-state index contributed by atoms with van der Waals surface area (Å²) in [6.45, 7) is 12.0. The minimum atomic E-state index is -4.96. The van der Waals surface area contributed by atoms with Crippen LogP contribution in [0.3, 0.4) is 0 Å². The number of phosphoric acid groups is 2. The number of esters is 4. The summed E-state index contributed by atoms with van der Waals surface area (Å²) >= 11 is 0. The Morgan fingerprint density at radius 2 is 0.500 bits per heavy atom. The van der Waals surface area contributed by atoms with Gasteiger partial charge in [0.25, 0.3) is 0 Å². The van der Waals surface area contributed by atoms with Gasteiger partial charge in [-0.15, -0.1) is 0 Å². The Labute approximate surface area is 588 Å². The lowest BCUT2D eigenvalue weighted by molar-refractivity contribution is -0.161. The van der Waals surface area contributed by atoms with Crippen LogP contribution in [0.15, 0.2) is 0 Å². The van der Waals surface area contributed by atoms with Gasteiger partial charge in [0.1, 0.15) is 19.3 Å². The van der Waals surface area contributed by atoms with E-state index in [1.54, 1.807) is 0 Å². The molecule has 3 N–H and O–H groups in total. The molecule has 0 radical (unpaired) electrons. The number of unbranched alkanes of at least 4 members (excludes halogenated alkanes) is 40. The predicted molar refractivity (Wildman–Crippen MR) is 391 cm³/mol. The number of ether oxygens (including phenoxy) is 4. The smallest absolute Gasteiger partial charge is 0.462 e. The van der Waals surface area contributed by atoms with Crippen molar-refractivity contribution in [3.05, 3.63) is 0 Å². The van der Waals surface area contributed by atoms with Crippen LogP contribution in [-0.2, 0) is 65.4 Å². The molecular formula is C77H150O17P2. The van der Waals surface area contributed by atoms with Crippen molar-refractivity contribution in [1.29, 1.82) is 0 Å². The van der Waals surface area contributed by atoms with E-state index in [4.69, 9.17) is 37.0 Å². The maximum atomic E-state index is 13.1. The zero-order valence-electron chi connectivity index (χ0n) is 62.8. The first kappa shape index (κ1) is 94.1. The minimum Gasteiger partial charge on any atom is -0.462 e. The number of rotatable bonds is 75. The molecule has 0 heterocycles. The maximum absolute atomic E-state index is 13.1. The second-order valence-electron chi connectivity index (χ2n) is 28.5. The van der Waals surface area contributed by atoms with Crippen LogP contribution in [0.1, 0.15) is 395 Å². The minimum absolute atomic E-state index is 0.105. The van der Waals surface area contributed by atoms with Crippen molar-refractivity contribution in [2.75, 3.05) is 39.6 Å². The van der Waals surface area contributed by atoms with E-state index in [-0.39, 0.29) is 25.7 Å². The Bertz CT molecular complexity index is 1880. The molecule has 0 saturated carbocycles. The highest BCUT2D eigenvalue weighted by Crippen LogP contribution is 2.45. The highest BCUT2D eigenvalue weighted by atomic mass is 31.2. The first-order chi connectivity index (χ1) is 46.3. The molecule has 0 spiro atoms. The van der Waals surface area contributed by atoms with Crippen LogP contribution in [0.2, 0.25) is 0 Å². The largest absolute Gasteiger partial charge is 0.472 e. The van der Waals surface area contributed by atoms with Crippen molar-refractivity contribution in [2.45, 2.75) is 414 Å². The molecule has 17 nitrogen and oxygen atoms in total. The molecule has 19 heteroatoms. The molecule has 0 aromatic carbocycles. The van der Waals surface area contributed by atoms with E-state index >= 15 is 0 Å². The normalized spacial score (nSPS) is 14.9. The van der Waals surface area contributed by atoms with Crippen LogP contribution in [0, 0.1) is 17.8 Å². The van der Waals surface area contributed by atoms with E-state index in [9.17, 15) is 43.2 Å². The highest BCUT2D eigenvalue weighted by molar-refractivity contribution is 7.47. The summed E-state index contributed by atoms with van der Waals surface area (Å²) in [7, 11) is -9.91. The molecule has 96 heavy (non-hydrogen) atoms. The van der Waals surface area contributed by atoms with Crippen LogP contribution >= 0.6 is 15.6 Å². The molecule has 5 unspecified atom stereocenters. The monoisotopic (exact) mass is 1410 g/mol. The van der Waals surface area contributed by atoms with Crippen molar-refractivity contribution < 1.29 is 80.2 Å². The Balaban J connectivity index is 5.19. The Morgan fingerprint density at radius 1 is 0.292 bits per heavy atom. The number of hydrogen-bond donors (Lipinski definition) is 3. The van der Waals surface area contributed by atoms with E-state index in [1.807, 2.05) is 0 Å². The number of phosphoric ester groups is 2. The van der Waals surface area contributed by atoms with Gasteiger partial charge in [-0.25, -0.2) is 9.13 Å². The molecule has 8 atom stereocenters. The molecule has 0 aliphatic carbocycles. The summed E-state index contributed by atoms with van der Waals surface area (Å²) in [4.78, 5) is 72.8. The lowest BCUT2D eigenvalue weighted by atomic mass is 9.99. The molecule has 0 amide bonds. The molecule has 0 bridgehead atoms. The van der Waals surface area contributed by atoms with E-state index in [1.165, 1.54) is 205 Å². The quantitative estimate of drug-likeness (QED) is 0.0222. The van der Waals surface area contributed by atoms with Crippen LogP contribution in [0.5, 0.6) is 0 Å². The fraction of sp³-hybridized carbons (Fsp3) is 0.948. The van der Waals surface area contributed by atoms with Gasteiger partial charge in [-0.1, -0.05) is 344 Å². The number of carbonyl (C=O) groups excluding carboxylic acids is 4. The zero-order chi connectivity index (χ0) is 70.9. The van der Waals surface area contributed by atoms with Crippen LogP contribution < -0.4 is 0 Å². The summed E-state index contributed by atoms with van der Waals surface area (Å²) in [5, 5.41) is 10.6. The summed E-state index contributed by atoms with van der Waals surface area (Å²) in [6, 6.07) is 0. The predicted octanol–water partition coefficient (Wildman–Crippen LogP) is 22.6. The Morgan fingerprint density at radius 3 is 0.740 bits per heavy atom. The summed E-state index contributed by atoms with van der Waals surface area (Å²) < 4.78 is 68.5. The van der Waals surface area contributed by atoms with Gasteiger partial charge in [0.05, 0.1) is 26.4 Å². The second-order valence-corrected chi connectivity index (χ2v) is 31.4. The van der Waals surface area contributed by atoms with E-state index < -0.39 is 97.5 Å². The molecule has 0 aromatic rings. The lowest BCUT2D eigenvalue weighted by Gasteiger charge is -2.21. The summed E-state index contributed by atoms with van der Waals surface area (Å²) in [5.41, 5.74) is 0. The molecule has 0 aliphatic rings. The van der Waals surface area contributed by atoms with Crippen molar-refractivity contribution in [3.63, 3.8) is 0 Å². The number of aliphatic hydroxyl groups is 1. The zero-order valence-corrected chi connectivity index (χ0v) is 64.6. The first-order valence-electron chi connectivity index (χ1n) is 40.0. The Hall–Kier alpha value is -1.94. The number of carbonyl (C=O) groups is 4. The van der Waals surface area contributed by atoms with Gasteiger partial charge in [-0.05, 0) is 43.4 Å². The third kappa shape index (κ3) is 66.6. The Kier molecular flexibility index (Phi) is 66.2. The van der Waals surface area contributed by atoms with E-state index in [2.05, 4.69) is 48.5 Å². The van der Waals surface area contributed by atoms with E-state index in [0.717, 1.165) is 108 Å². The van der Waals surface area contributed by atoms with Crippen molar-refractivity contribution in [3.8, 4) is 0 Å². The van der Waals surface area contributed by atoms with Crippen LogP contribution in [-0.4, -0.2) is 96.7 Å². The van der Waals surface area contributed by atoms with Gasteiger partial charge >= 0.3 is 39.5 Å². The van der Waals surface area contributed by atoms with Crippen LogP contribution in [0.25, 0.3) is 0 Å². The molecule has 0 fully saturated rings. The summed E-state index contributed by atoms with van der Waals surface area (Å²) in [6.07, 6.45) is 54.0. The number of hydrogen-bond acceptors (Lipinski definition) is 15. The van der Waals surface area contributed by atoms with Crippen molar-refractivity contribution >= 4 is 39.5 Å². The first-order valence-corrected chi connectivity index (χ1v) is 43.0. The SMILES string of the molecule is CCCCCCCCCCCCC(=O)OC[C@H](COP(=O)(O)OC[C@H](O)COP(=O)(O)OC[C@@H](COC(=O)CCCCCCCCCCC(C)CC)OC(=O)CCCCCCCCCCCCCCCCCCCCC(C)CC)OC(=O)CCCCCCCCCCC(C)CC. The van der Waals surface area contributed by atoms with E-state index in [0.29, 0.717) is 25.7 Å². The number of aliphatic hydroxyl groups excluding tert-OH is 1. The van der Waals surface area contributed by atoms with Gasteiger partial charge in [0, 0.05) is 25.7 Å². The average molecular weight is 1410 g/mol. The molecule has 0 aromatic heterocycles. The van der Waals surface area contributed by atoms with Gasteiger partial charge in [-0.2, -0.15) is 0 Å². The van der Waals surface area contributed by atoms with Gasteiger partial charge in [0.15, 0.2) is 12.2 Å². The summed E-state index contributed by atoms with van der Waals surface area (Å²) in [5.74, 6) is 0.299. The molecular weight excluding hydrogens is 1260 g/mol. The maximum Gasteiger partial charge on any atom is 0.472 e. The average Bonchev–Trinajstić information content (AvgIpc) is 1.33. The second kappa shape index (κ2) is 67.5.